The Hall–Kier alpha value is -0.410. The molecule has 1 heterocycles. The fourth-order valence-corrected chi connectivity index (χ4v) is 3.13. The molecule has 2 nitrogen and oxygen atoms in total. The number of fused-ring (bicyclic) bond motifs is 1. The predicted molar refractivity (Wildman–Crippen MR) is 56.3 cm³/mol. The highest BCUT2D eigenvalue weighted by atomic mass is 32.1. The maximum Gasteiger partial charge on any atom is 0.0900 e. The Morgan fingerprint density at radius 2 is 2.46 bits per heavy atom. The molecule has 0 fully saturated rings. The number of rotatable bonds is 2. The first-order chi connectivity index (χ1) is 6.29. The summed E-state index contributed by atoms with van der Waals surface area (Å²) in [4.78, 5) is 6.08. The van der Waals surface area contributed by atoms with E-state index in [9.17, 15) is 0 Å². The number of nitrogens with one attached hydrogen (secondary N) is 1. The van der Waals surface area contributed by atoms with Crippen LogP contribution in [0, 0.1) is 12.8 Å². The van der Waals surface area contributed by atoms with Crippen molar-refractivity contribution in [3.05, 3.63) is 15.6 Å². The molecule has 0 bridgehead atoms. The van der Waals surface area contributed by atoms with E-state index in [0.717, 1.165) is 12.5 Å². The van der Waals surface area contributed by atoms with Crippen molar-refractivity contribution in [2.45, 2.75) is 26.2 Å². The minimum atomic E-state index is 0.831. The molecule has 2 rings (SSSR count). The normalized spacial score (nSPS) is 21.5. The summed E-state index contributed by atoms with van der Waals surface area (Å²) in [7, 11) is 2.04. The van der Waals surface area contributed by atoms with Gasteiger partial charge in [-0.05, 0) is 45.7 Å². The van der Waals surface area contributed by atoms with Gasteiger partial charge in [0.15, 0.2) is 0 Å². The van der Waals surface area contributed by atoms with Crippen LogP contribution in [0.3, 0.4) is 0 Å². The van der Waals surface area contributed by atoms with Crippen LogP contribution in [0.5, 0.6) is 0 Å². The maximum atomic E-state index is 4.54. The number of hydrogen-bond acceptors (Lipinski definition) is 3. The summed E-state index contributed by atoms with van der Waals surface area (Å²) in [5.41, 5.74) is 1.37. The van der Waals surface area contributed by atoms with Crippen molar-refractivity contribution in [2.24, 2.45) is 5.92 Å². The highest BCUT2D eigenvalue weighted by Crippen LogP contribution is 2.29. The standard InChI is InChI=1S/C10H16N2S/c1-7-12-9-4-3-8(6-11-2)5-10(9)13-7/h8,11H,3-6H2,1-2H3. The van der Waals surface area contributed by atoms with E-state index in [1.54, 1.807) is 0 Å². The average molecular weight is 196 g/mol. The Kier molecular flexibility index (Phi) is 2.65. The van der Waals surface area contributed by atoms with E-state index >= 15 is 0 Å². The molecule has 1 N–H and O–H groups in total. The van der Waals surface area contributed by atoms with Gasteiger partial charge in [-0.2, -0.15) is 0 Å². The van der Waals surface area contributed by atoms with Crippen LogP contribution < -0.4 is 5.32 Å². The van der Waals surface area contributed by atoms with Crippen molar-refractivity contribution in [1.29, 1.82) is 0 Å². The van der Waals surface area contributed by atoms with Gasteiger partial charge < -0.3 is 5.32 Å². The third-order valence-corrected chi connectivity index (χ3v) is 3.68. The van der Waals surface area contributed by atoms with Crippen molar-refractivity contribution in [1.82, 2.24) is 10.3 Å². The average Bonchev–Trinajstić information content (AvgIpc) is 2.44. The van der Waals surface area contributed by atoms with Gasteiger partial charge in [-0.3, -0.25) is 0 Å². The smallest absolute Gasteiger partial charge is 0.0900 e. The van der Waals surface area contributed by atoms with Gasteiger partial charge in [-0.25, -0.2) is 4.98 Å². The van der Waals surface area contributed by atoms with Crippen LogP contribution in [-0.2, 0) is 12.8 Å². The molecule has 1 atom stereocenters. The molecule has 0 saturated carbocycles. The summed E-state index contributed by atoms with van der Waals surface area (Å²) >= 11 is 1.88. The second kappa shape index (κ2) is 3.76. The summed E-state index contributed by atoms with van der Waals surface area (Å²) in [5.74, 6) is 0.831. The van der Waals surface area contributed by atoms with E-state index in [2.05, 4.69) is 17.2 Å². The number of aryl methyl sites for hydroxylation is 2. The Morgan fingerprint density at radius 3 is 3.23 bits per heavy atom. The predicted octanol–water partition coefficient (Wildman–Crippen LogP) is 1.78. The summed E-state index contributed by atoms with van der Waals surface area (Å²) in [6.07, 6.45) is 3.73. The third kappa shape index (κ3) is 1.92. The molecule has 0 spiro atoms. The zero-order valence-electron chi connectivity index (χ0n) is 8.26. The second-order valence-corrected chi connectivity index (χ2v) is 5.06. The van der Waals surface area contributed by atoms with Crippen molar-refractivity contribution < 1.29 is 0 Å². The minimum absolute atomic E-state index is 0.831. The molecule has 0 amide bonds. The SMILES string of the molecule is CNCC1CCc2nc(C)sc2C1. The number of thiazole rings is 1. The van der Waals surface area contributed by atoms with Crippen LogP contribution in [0.4, 0.5) is 0 Å². The molecule has 13 heavy (non-hydrogen) atoms. The zero-order chi connectivity index (χ0) is 9.26. The maximum absolute atomic E-state index is 4.54. The van der Waals surface area contributed by atoms with Gasteiger partial charge in [0.2, 0.25) is 0 Å². The molecule has 1 aliphatic rings. The molecule has 0 radical (unpaired) electrons. The lowest BCUT2D eigenvalue weighted by molar-refractivity contribution is 0.441. The van der Waals surface area contributed by atoms with Crippen molar-refractivity contribution in [3.63, 3.8) is 0 Å². The molecule has 0 aliphatic heterocycles. The zero-order valence-corrected chi connectivity index (χ0v) is 9.08. The highest BCUT2D eigenvalue weighted by molar-refractivity contribution is 7.11. The van der Waals surface area contributed by atoms with Crippen LogP contribution in [0.1, 0.15) is 22.0 Å². The minimum Gasteiger partial charge on any atom is -0.319 e. The first kappa shape index (κ1) is 9.16. The van der Waals surface area contributed by atoms with Crippen LogP contribution in [0.25, 0.3) is 0 Å². The Bertz CT molecular complexity index is 293. The molecule has 1 aromatic rings. The van der Waals surface area contributed by atoms with Gasteiger partial charge in [-0.1, -0.05) is 0 Å². The number of hydrogen-bond donors (Lipinski definition) is 1. The quantitative estimate of drug-likeness (QED) is 0.780. The van der Waals surface area contributed by atoms with Gasteiger partial charge in [0.25, 0.3) is 0 Å². The van der Waals surface area contributed by atoms with E-state index in [1.165, 1.54) is 34.8 Å². The molecular formula is C10H16N2S. The van der Waals surface area contributed by atoms with E-state index in [4.69, 9.17) is 0 Å². The molecule has 1 aliphatic carbocycles. The number of aromatic nitrogens is 1. The fourth-order valence-electron chi connectivity index (χ4n) is 2.04. The molecule has 1 unspecified atom stereocenters. The van der Waals surface area contributed by atoms with E-state index in [0.29, 0.717) is 0 Å². The lowest BCUT2D eigenvalue weighted by Gasteiger charge is -2.20. The Labute approximate surface area is 83.4 Å². The fraction of sp³-hybridized carbons (Fsp3) is 0.700. The summed E-state index contributed by atoms with van der Waals surface area (Å²) in [6.45, 7) is 3.26. The lowest BCUT2D eigenvalue weighted by Crippen LogP contribution is -2.24. The molecule has 0 saturated heterocycles. The monoisotopic (exact) mass is 196 g/mol. The Balaban J connectivity index is 2.10. The third-order valence-electron chi connectivity index (χ3n) is 2.64. The van der Waals surface area contributed by atoms with Crippen LogP contribution in [0.2, 0.25) is 0 Å². The van der Waals surface area contributed by atoms with Crippen LogP contribution in [0.15, 0.2) is 0 Å². The van der Waals surface area contributed by atoms with Crippen molar-refractivity contribution in [2.75, 3.05) is 13.6 Å². The first-order valence-corrected chi connectivity index (χ1v) is 5.71. The van der Waals surface area contributed by atoms with E-state index in [-0.39, 0.29) is 0 Å². The van der Waals surface area contributed by atoms with Crippen LogP contribution in [-0.4, -0.2) is 18.6 Å². The van der Waals surface area contributed by atoms with E-state index in [1.807, 2.05) is 18.4 Å². The molecular weight excluding hydrogens is 180 g/mol. The molecule has 0 aromatic carbocycles. The molecule has 1 aromatic heterocycles. The summed E-state index contributed by atoms with van der Waals surface area (Å²) in [5, 5.41) is 4.49. The molecule has 3 heteroatoms. The van der Waals surface area contributed by atoms with Crippen molar-refractivity contribution in [3.8, 4) is 0 Å². The lowest BCUT2D eigenvalue weighted by atomic mass is 9.91. The van der Waals surface area contributed by atoms with Gasteiger partial charge in [-0.15, -0.1) is 11.3 Å². The molecule has 72 valence electrons. The first-order valence-electron chi connectivity index (χ1n) is 4.89. The Morgan fingerprint density at radius 1 is 1.62 bits per heavy atom. The highest BCUT2D eigenvalue weighted by Gasteiger charge is 2.20. The van der Waals surface area contributed by atoms with E-state index < -0.39 is 0 Å². The summed E-state index contributed by atoms with van der Waals surface area (Å²) < 4.78 is 0. The topological polar surface area (TPSA) is 24.9 Å². The van der Waals surface area contributed by atoms with Gasteiger partial charge in [0, 0.05) is 4.88 Å². The van der Waals surface area contributed by atoms with Crippen molar-refractivity contribution >= 4 is 11.3 Å². The number of nitrogens with zero attached hydrogens (tertiary/aromatic N) is 1. The van der Waals surface area contributed by atoms with Gasteiger partial charge in [0.1, 0.15) is 0 Å². The largest absolute Gasteiger partial charge is 0.319 e. The van der Waals surface area contributed by atoms with Gasteiger partial charge >= 0.3 is 0 Å². The second-order valence-electron chi connectivity index (χ2n) is 3.77. The van der Waals surface area contributed by atoms with Crippen LogP contribution >= 0.6 is 11.3 Å². The van der Waals surface area contributed by atoms with Gasteiger partial charge in [0.05, 0.1) is 10.7 Å². The summed E-state index contributed by atoms with van der Waals surface area (Å²) in [6, 6.07) is 0.